The molecule has 0 atom stereocenters. The van der Waals surface area contributed by atoms with Crippen molar-refractivity contribution in [1.82, 2.24) is 14.5 Å². The topological polar surface area (TPSA) is 99.0 Å². The molecule has 0 aliphatic rings. The van der Waals surface area contributed by atoms with Gasteiger partial charge in [-0.05, 0) is 59.8 Å². The van der Waals surface area contributed by atoms with Crippen LogP contribution in [0.15, 0.2) is 88.4 Å². The molecule has 0 spiro atoms. The van der Waals surface area contributed by atoms with Crippen molar-refractivity contribution in [2.75, 3.05) is 5.75 Å². The predicted molar refractivity (Wildman–Crippen MR) is 140 cm³/mol. The van der Waals surface area contributed by atoms with Crippen LogP contribution in [0.2, 0.25) is 0 Å². The van der Waals surface area contributed by atoms with Gasteiger partial charge in [-0.3, -0.25) is 19.1 Å². The smallest absolute Gasteiger partial charge is 0.264 e. The van der Waals surface area contributed by atoms with E-state index in [1.165, 1.54) is 10.8 Å². The van der Waals surface area contributed by atoms with Crippen molar-refractivity contribution >= 4 is 37.7 Å². The number of benzene rings is 1. The first-order valence-corrected chi connectivity index (χ1v) is 13.7. The minimum absolute atomic E-state index is 0.158. The van der Waals surface area contributed by atoms with Gasteiger partial charge < -0.3 is 0 Å². The number of hydrogen-bond donors (Lipinski definition) is 0. The third-order valence-corrected chi connectivity index (χ3v) is 8.96. The summed E-state index contributed by atoms with van der Waals surface area (Å²) < 4.78 is 39.2. The molecule has 10 heteroatoms. The highest BCUT2D eigenvalue weighted by Crippen LogP contribution is 2.28. The van der Waals surface area contributed by atoms with Crippen LogP contribution in [0.4, 0.5) is 4.39 Å². The molecule has 5 rings (SSSR count). The fraction of sp³-hybridized carbons (Fsp3) is 0.111. The van der Waals surface area contributed by atoms with Gasteiger partial charge in [-0.1, -0.05) is 35.1 Å². The zero-order chi connectivity index (χ0) is 26.2. The zero-order valence-corrected chi connectivity index (χ0v) is 21.2. The largest absolute Gasteiger partial charge is 0.298 e. The molecule has 0 amide bonds. The van der Waals surface area contributed by atoms with Crippen LogP contribution in [0.1, 0.15) is 11.1 Å². The highest BCUT2D eigenvalue weighted by Gasteiger charge is 2.22. The van der Waals surface area contributed by atoms with Crippen LogP contribution in [0.25, 0.3) is 27.7 Å². The van der Waals surface area contributed by atoms with E-state index in [1.807, 2.05) is 31.2 Å². The van der Waals surface area contributed by atoms with Gasteiger partial charge in [0.25, 0.3) is 5.56 Å². The molecule has 186 valence electrons. The summed E-state index contributed by atoms with van der Waals surface area (Å²) in [6.07, 6.45) is 6.40. The summed E-state index contributed by atoms with van der Waals surface area (Å²) >= 11 is 0.490. The summed E-state index contributed by atoms with van der Waals surface area (Å²) in [4.78, 5) is 34.2. The van der Waals surface area contributed by atoms with E-state index in [1.54, 1.807) is 36.8 Å². The fourth-order valence-electron chi connectivity index (χ4n) is 4.08. The number of rotatable bonds is 7. The van der Waals surface area contributed by atoms with Crippen LogP contribution in [-0.2, 0) is 21.1 Å². The molecule has 1 aromatic carbocycles. The maximum Gasteiger partial charge on any atom is 0.264 e. The Kier molecular flexibility index (Phi) is 6.53. The van der Waals surface area contributed by atoms with E-state index in [4.69, 9.17) is 0 Å². The second-order valence-corrected chi connectivity index (χ2v) is 11.8. The molecule has 7 nitrogen and oxygen atoms in total. The number of sulfone groups is 1. The van der Waals surface area contributed by atoms with E-state index in [2.05, 4.69) is 9.97 Å². The third kappa shape index (κ3) is 5.11. The lowest BCUT2D eigenvalue weighted by molar-refractivity contribution is -0.116. The second kappa shape index (κ2) is 9.79. The van der Waals surface area contributed by atoms with Gasteiger partial charge in [0.1, 0.15) is 15.8 Å². The Morgan fingerprint density at radius 1 is 1.03 bits per heavy atom. The van der Waals surface area contributed by atoms with Crippen molar-refractivity contribution in [3.63, 3.8) is 0 Å². The fourth-order valence-corrected chi connectivity index (χ4v) is 6.41. The summed E-state index contributed by atoms with van der Waals surface area (Å²) in [6.45, 7) is 1.97. The Balaban J connectivity index is 1.45. The monoisotopic (exact) mass is 533 g/mol. The van der Waals surface area contributed by atoms with Gasteiger partial charge in [0, 0.05) is 42.2 Å². The molecule has 0 saturated heterocycles. The molecular formula is C27H20FN3O4S2. The van der Waals surface area contributed by atoms with Gasteiger partial charge in [-0.2, -0.15) is 4.39 Å². The summed E-state index contributed by atoms with van der Waals surface area (Å²) in [5.74, 6) is -0.907. The number of carbonyl (C=O) groups is 1. The Hall–Kier alpha value is -4.02. The highest BCUT2D eigenvalue weighted by molar-refractivity contribution is 7.94. The van der Waals surface area contributed by atoms with Crippen molar-refractivity contribution < 1.29 is 17.6 Å². The number of pyridine rings is 3. The molecule has 5 aromatic rings. The first-order chi connectivity index (χ1) is 17.7. The number of fused-ring (bicyclic) bond motifs is 1. The molecule has 0 radical (unpaired) electrons. The first kappa shape index (κ1) is 24.7. The van der Waals surface area contributed by atoms with E-state index in [-0.39, 0.29) is 16.2 Å². The number of Topliss-reactive ketones (excluding diaryl/α,β-unsaturated/α-hetero) is 1. The van der Waals surface area contributed by atoms with E-state index in [0.29, 0.717) is 28.1 Å². The average Bonchev–Trinajstić information content (AvgIpc) is 3.32. The number of hydrogen-bond acceptors (Lipinski definition) is 7. The van der Waals surface area contributed by atoms with Gasteiger partial charge in [0.2, 0.25) is 0 Å². The minimum atomic E-state index is -3.91. The van der Waals surface area contributed by atoms with Crippen LogP contribution in [0.5, 0.6) is 0 Å². The van der Waals surface area contributed by atoms with Gasteiger partial charge in [-0.25, -0.2) is 13.4 Å². The highest BCUT2D eigenvalue weighted by atomic mass is 32.2. The average molecular weight is 534 g/mol. The van der Waals surface area contributed by atoms with Crippen molar-refractivity contribution in [3.8, 4) is 16.9 Å². The second-order valence-electron chi connectivity index (χ2n) is 8.56. The number of ketones is 1. The number of aryl methyl sites for hydroxylation is 1. The number of halogens is 1. The molecule has 4 aromatic heterocycles. The molecule has 0 aliphatic carbocycles. The third-order valence-electron chi connectivity index (χ3n) is 5.83. The lowest BCUT2D eigenvalue weighted by Crippen LogP contribution is -2.20. The van der Waals surface area contributed by atoms with Gasteiger partial charge >= 0.3 is 0 Å². The minimum Gasteiger partial charge on any atom is -0.298 e. The lowest BCUT2D eigenvalue weighted by Gasteiger charge is -2.13. The van der Waals surface area contributed by atoms with Crippen LogP contribution in [-0.4, -0.2) is 34.5 Å². The molecule has 37 heavy (non-hydrogen) atoms. The van der Waals surface area contributed by atoms with E-state index in [0.717, 1.165) is 34.2 Å². The normalized spacial score (nSPS) is 11.6. The van der Waals surface area contributed by atoms with Crippen molar-refractivity contribution in [3.05, 3.63) is 106 Å². The van der Waals surface area contributed by atoms with Crippen LogP contribution < -0.4 is 5.56 Å². The van der Waals surface area contributed by atoms with Crippen LogP contribution >= 0.6 is 11.3 Å². The molecule has 0 N–H and O–H groups in total. The quantitative estimate of drug-likeness (QED) is 0.305. The van der Waals surface area contributed by atoms with Crippen molar-refractivity contribution in [2.45, 2.75) is 17.6 Å². The molecule has 0 fully saturated rings. The summed E-state index contributed by atoms with van der Waals surface area (Å²) in [5, 5.41) is 0.731. The summed E-state index contributed by atoms with van der Waals surface area (Å²) in [7, 11) is -3.91. The zero-order valence-electron chi connectivity index (χ0n) is 19.6. The number of carbonyl (C=O) groups excluding carboxylic acids is 1. The van der Waals surface area contributed by atoms with Crippen molar-refractivity contribution in [2.24, 2.45) is 0 Å². The van der Waals surface area contributed by atoms with Gasteiger partial charge in [-0.15, -0.1) is 0 Å². The molecule has 4 heterocycles. The lowest BCUT2D eigenvalue weighted by atomic mass is 10.00. The van der Waals surface area contributed by atoms with E-state index < -0.39 is 26.5 Å². The molecule has 0 unspecified atom stereocenters. The van der Waals surface area contributed by atoms with Gasteiger partial charge in [0.15, 0.2) is 20.8 Å². The van der Waals surface area contributed by atoms with Crippen LogP contribution in [0, 0.1) is 12.1 Å². The number of aromatic nitrogens is 3. The maximum atomic E-state index is 13.3. The molecule has 0 saturated carbocycles. The number of thiophene rings is 1. The van der Waals surface area contributed by atoms with E-state index in [9.17, 15) is 22.4 Å². The van der Waals surface area contributed by atoms with Gasteiger partial charge in [0.05, 0.1) is 0 Å². The molecule has 0 bridgehead atoms. The molecule has 0 aliphatic heterocycles. The summed E-state index contributed by atoms with van der Waals surface area (Å²) in [6, 6.07) is 14.8. The number of nitrogens with zero attached hydrogens (tertiary/aromatic N) is 3. The van der Waals surface area contributed by atoms with Crippen molar-refractivity contribution in [1.29, 1.82) is 0 Å². The standard InChI is InChI=1S/C27H20FN3O4S2/c1-17-2-4-21-22(12-17)23(19-8-10-29-11-9-19)15-31(27(21)33)25-6-3-18(14-30-25)13-20(32)16-37(34,35)26-7-5-24(28)36-26/h2-12,14-15H,13,16H2,1H3. The van der Waals surface area contributed by atoms with Crippen LogP contribution in [0.3, 0.4) is 0 Å². The SMILES string of the molecule is Cc1ccc2c(=O)n(-c3ccc(CC(=O)CS(=O)(=O)c4ccc(F)s4)cn3)cc(-c3ccncc3)c2c1. The first-order valence-electron chi connectivity index (χ1n) is 11.2. The maximum absolute atomic E-state index is 13.3. The Morgan fingerprint density at radius 3 is 2.49 bits per heavy atom. The Bertz CT molecular complexity index is 1800. The predicted octanol–water partition coefficient (Wildman–Crippen LogP) is 4.54. The Morgan fingerprint density at radius 2 is 1.81 bits per heavy atom. The van der Waals surface area contributed by atoms with E-state index >= 15 is 0 Å². The Labute approximate surface area is 215 Å². The molecular weight excluding hydrogens is 513 g/mol. The summed E-state index contributed by atoms with van der Waals surface area (Å²) in [5.41, 5.74) is 3.03.